The fourth-order valence-electron chi connectivity index (χ4n) is 2.89. The van der Waals surface area contributed by atoms with Crippen molar-refractivity contribution < 1.29 is 9.90 Å². The molecule has 0 unspecified atom stereocenters. The summed E-state index contributed by atoms with van der Waals surface area (Å²) in [5.41, 5.74) is 1.57. The Morgan fingerprint density at radius 3 is 2.65 bits per heavy atom. The van der Waals surface area contributed by atoms with Crippen LogP contribution in [0, 0.1) is 6.92 Å². The zero-order chi connectivity index (χ0) is 14.5. The number of carbonyl (C=O) groups is 1. The molecule has 0 saturated heterocycles. The number of benzene rings is 1. The van der Waals surface area contributed by atoms with E-state index >= 15 is 0 Å². The number of aliphatic hydroxyl groups is 1. The maximum absolute atomic E-state index is 12.7. The van der Waals surface area contributed by atoms with Crippen molar-refractivity contribution in [2.24, 2.45) is 0 Å². The Morgan fingerprint density at radius 1 is 1.35 bits per heavy atom. The van der Waals surface area contributed by atoms with Gasteiger partial charge in [0.25, 0.3) is 5.91 Å². The van der Waals surface area contributed by atoms with E-state index in [1.807, 2.05) is 17.9 Å². The largest absolute Gasteiger partial charge is 0.395 e. The van der Waals surface area contributed by atoms with Crippen LogP contribution in [0.1, 0.15) is 48.0 Å². The number of amides is 1. The van der Waals surface area contributed by atoms with E-state index < -0.39 is 0 Å². The summed E-state index contributed by atoms with van der Waals surface area (Å²) in [6, 6.07) is 5.63. The maximum Gasteiger partial charge on any atom is 0.254 e. The lowest BCUT2D eigenvalue weighted by atomic mass is 9.93. The lowest BCUT2D eigenvalue weighted by molar-refractivity contribution is 0.0585. The molecule has 110 valence electrons. The number of hydrogen-bond donors (Lipinski definition) is 1. The molecule has 1 amide bonds. The first kappa shape index (κ1) is 15.3. The molecule has 1 aliphatic carbocycles. The van der Waals surface area contributed by atoms with Crippen molar-refractivity contribution in [3.8, 4) is 0 Å². The highest BCUT2D eigenvalue weighted by molar-refractivity contribution is 6.31. The Bertz CT molecular complexity index is 470. The highest BCUT2D eigenvalue weighted by Crippen LogP contribution is 2.25. The normalized spacial score (nSPS) is 16.1. The van der Waals surface area contributed by atoms with Crippen LogP contribution in [0.2, 0.25) is 5.02 Å². The number of aryl methyl sites for hydroxylation is 1. The van der Waals surface area contributed by atoms with Crippen LogP contribution in [0.5, 0.6) is 0 Å². The molecule has 1 N–H and O–H groups in total. The van der Waals surface area contributed by atoms with Gasteiger partial charge >= 0.3 is 0 Å². The van der Waals surface area contributed by atoms with Crippen molar-refractivity contribution in [3.05, 3.63) is 34.3 Å². The van der Waals surface area contributed by atoms with Gasteiger partial charge in [0, 0.05) is 23.2 Å². The Balaban J connectivity index is 2.18. The van der Waals surface area contributed by atoms with Gasteiger partial charge in [0.05, 0.1) is 6.61 Å². The summed E-state index contributed by atoms with van der Waals surface area (Å²) in [6.07, 6.45) is 5.66. The molecule has 1 aromatic rings. The van der Waals surface area contributed by atoms with Crippen LogP contribution in [0.15, 0.2) is 18.2 Å². The van der Waals surface area contributed by atoms with Gasteiger partial charge in [0.1, 0.15) is 0 Å². The van der Waals surface area contributed by atoms with E-state index in [0.29, 0.717) is 17.1 Å². The number of rotatable bonds is 4. The van der Waals surface area contributed by atoms with Crippen LogP contribution in [-0.4, -0.2) is 35.1 Å². The van der Waals surface area contributed by atoms with Crippen LogP contribution < -0.4 is 0 Å². The summed E-state index contributed by atoms with van der Waals surface area (Å²) in [6.45, 7) is 2.32. The number of hydrogen-bond acceptors (Lipinski definition) is 2. The second kappa shape index (κ2) is 7.09. The number of carbonyl (C=O) groups excluding carboxylic acids is 1. The van der Waals surface area contributed by atoms with Crippen LogP contribution in [0.3, 0.4) is 0 Å². The molecule has 0 heterocycles. The van der Waals surface area contributed by atoms with E-state index in [0.717, 1.165) is 18.4 Å². The van der Waals surface area contributed by atoms with Crippen LogP contribution in [0.4, 0.5) is 0 Å². The minimum Gasteiger partial charge on any atom is -0.395 e. The average Bonchev–Trinajstić information content (AvgIpc) is 2.48. The standard InChI is InChI=1S/C16H22ClNO2/c1-12-11-13(7-8-15(12)17)16(20)18(9-10-19)14-5-3-2-4-6-14/h7-8,11,14,19H,2-6,9-10H2,1H3. The third-order valence-corrected chi connectivity index (χ3v) is 4.45. The number of aliphatic hydroxyl groups excluding tert-OH is 1. The second-order valence-corrected chi connectivity index (χ2v) is 5.89. The fourth-order valence-corrected chi connectivity index (χ4v) is 3.01. The van der Waals surface area contributed by atoms with Gasteiger partial charge in [0.2, 0.25) is 0 Å². The Morgan fingerprint density at radius 2 is 2.05 bits per heavy atom. The SMILES string of the molecule is Cc1cc(C(=O)N(CCO)C2CCCCC2)ccc1Cl. The molecule has 2 rings (SSSR count). The first-order valence-corrected chi connectivity index (χ1v) is 7.69. The molecular weight excluding hydrogens is 274 g/mol. The van der Waals surface area contributed by atoms with Gasteiger partial charge in [-0.2, -0.15) is 0 Å². The molecule has 0 aromatic heterocycles. The molecule has 0 aliphatic heterocycles. The van der Waals surface area contributed by atoms with Gasteiger partial charge in [-0.1, -0.05) is 30.9 Å². The van der Waals surface area contributed by atoms with Crippen molar-refractivity contribution in [2.75, 3.05) is 13.2 Å². The van der Waals surface area contributed by atoms with Gasteiger partial charge in [0.15, 0.2) is 0 Å². The minimum atomic E-state index is 0.00529. The van der Waals surface area contributed by atoms with Crippen molar-refractivity contribution in [1.29, 1.82) is 0 Å². The summed E-state index contributed by atoms with van der Waals surface area (Å²) in [7, 11) is 0. The molecule has 0 radical (unpaired) electrons. The molecule has 0 atom stereocenters. The molecular formula is C16H22ClNO2. The summed E-state index contributed by atoms with van der Waals surface area (Å²) >= 11 is 6.01. The van der Waals surface area contributed by atoms with E-state index in [4.69, 9.17) is 11.6 Å². The van der Waals surface area contributed by atoms with E-state index in [9.17, 15) is 9.90 Å². The van der Waals surface area contributed by atoms with Crippen molar-refractivity contribution in [3.63, 3.8) is 0 Å². The second-order valence-electron chi connectivity index (χ2n) is 5.48. The molecule has 1 aromatic carbocycles. The van der Waals surface area contributed by atoms with Crippen molar-refractivity contribution in [2.45, 2.75) is 45.1 Å². The minimum absolute atomic E-state index is 0.00529. The maximum atomic E-state index is 12.7. The third kappa shape index (κ3) is 3.53. The first-order chi connectivity index (χ1) is 9.63. The summed E-state index contributed by atoms with van der Waals surface area (Å²) in [5.74, 6) is 0.00529. The van der Waals surface area contributed by atoms with Crippen LogP contribution >= 0.6 is 11.6 Å². The molecule has 1 aliphatic rings. The lowest BCUT2D eigenvalue weighted by Crippen LogP contribution is -2.43. The fraction of sp³-hybridized carbons (Fsp3) is 0.562. The summed E-state index contributed by atoms with van der Waals surface area (Å²) in [5, 5.41) is 9.92. The highest BCUT2D eigenvalue weighted by atomic mass is 35.5. The van der Waals surface area contributed by atoms with Gasteiger partial charge in [-0.25, -0.2) is 0 Å². The third-order valence-electron chi connectivity index (χ3n) is 4.02. The average molecular weight is 296 g/mol. The Hall–Kier alpha value is -1.06. The molecule has 3 nitrogen and oxygen atoms in total. The first-order valence-electron chi connectivity index (χ1n) is 7.31. The predicted molar refractivity (Wildman–Crippen MR) is 81.2 cm³/mol. The van der Waals surface area contributed by atoms with Crippen molar-refractivity contribution >= 4 is 17.5 Å². The quantitative estimate of drug-likeness (QED) is 0.924. The van der Waals surface area contributed by atoms with Crippen LogP contribution in [-0.2, 0) is 0 Å². The molecule has 1 fully saturated rings. The molecule has 4 heteroatoms. The van der Waals surface area contributed by atoms with E-state index in [1.165, 1.54) is 19.3 Å². The van der Waals surface area contributed by atoms with E-state index in [1.54, 1.807) is 12.1 Å². The molecule has 1 saturated carbocycles. The zero-order valence-electron chi connectivity index (χ0n) is 11.9. The number of nitrogens with zero attached hydrogens (tertiary/aromatic N) is 1. The van der Waals surface area contributed by atoms with Gasteiger partial charge in [-0.05, 0) is 43.5 Å². The lowest BCUT2D eigenvalue weighted by Gasteiger charge is -2.34. The smallest absolute Gasteiger partial charge is 0.254 e. The van der Waals surface area contributed by atoms with E-state index in [2.05, 4.69) is 0 Å². The zero-order valence-corrected chi connectivity index (χ0v) is 12.7. The molecule has 20 heavy (non-hydrogen) atoms. The van der Waals surface area contributed by atoms with Crippen molar-refractivity contribution in [1.82, 2.24) is 4.90 Å². The van der Waals surface area contributed by atoms with Gasteiger partial charge < -0.3 is 10.0 Å². The number of halogens is 1. The van der Waals surface area contributed by atoms with Crippen LogP contribution in [0.25, 0.3) is 0 Å². The summed E-state index contributed by atoms with van der Waals surface area (Å²) in [4.78, 5) is 14.5. The Kier molecular flexibility index (Phi) is 5.44. The monoisotopic (exact) mass is 295 g/mol. The highest BCUT2D eigenvalue weighted by Gasteiger charge is 2.25. The van der Waals surface area contributed by atoms with Gasteiger partial charge in [-0.3, -0.25) is 4.79 Å². The topological polar surface area (TPSA) is 40.5 Å². The molecule has 0 spiro atoms. The van der Waals surface area contributed by atoms with Gasteiger partial charge in [-0.15, -0.1) is 0 Å². The summed E-state index contributed by atoms with van der Waals surface area (Å²) < 4.78 is 0. The predicted octanol–water partition coefficient (Wildman–Crippen LogP) is 3.42. The van der Waals surface area contributed by atoms with E-state index in [-0.39, 0.29) is 18.6 Å². The molecule has 0 bridgehead atoms. The Labute approximate surface area is 125 Å².